The highest BCUT2D eigenvalue weighted by molar-refractivity contribution is 5.74. The van der Waals surface area contributed by atoms with Crippen molar-refractivity contribution in [2.24, 2.45) is 5.90 Å². The third kappa shape index (κ3) is 3.02. The number of aliphatic hydroxyl groups excluding tert-OH is 1. The van der Waals surface area contributed by atoms with E-state index in [1.165, 1.54) is 7.11 Å². The van der Waals surface area contributed by atoms with E-state index in [0.29, 0.717) is 0 Å². The fraction of sp³-hybridized carbons (Fsp3) is 0.750. The SMILES string of the molecule is COC(=O)C(O)CON. The van der Waals surface area contributed by atoms with E-state index in [1.807, 2.05) is 0 Å². The molecular weight excluding hydrogens is 126 g/mol. The van der Waals surface area contributed by atoms with Crippen LogP contribution in [-0.2, 0) is 14.4 Å². The highest BCUT2D eigenvalue weighted by Gasteiger charge is 2.13. The second kappa shape index (κ2) is 4.25. The number of hydrogen-bond acceptors (Lipinski definition) is 5. The lowest BCUT2D eigenvalue weighted by Gasteiger charge is -2.04. The van der Waals surface area contributed by atoms with Crippen molar-refractivity contribution in [3.63, 3.8) is 0 Å². The standard InChI is InChI=1S/C4H9NO4/c1-8-4(7)3(6)2-9-5/h3,6H,2,5H2,1H3. The number of methoxy groups -OCH3 is 1. The van der Waals surface area contributed by atoms with Gasteiger partial charge in [0.05, 0.1) is 7.11 Å². The molecule has 0 saturated heterocycles. The fourth-order valence-corrected chi connectivity index (χ4v) is 0.295. The van der Waals surface area contributed by atoms with E-state index >= 15 is 0 Å². The van der Waals surface area contributed by atoms with Crippen molar-refractivity contribution in [3.05, 3.63) is 0 Å². The Labute approximate surface area is 52.3 Å². The van der Waals surface area contributed by atoms with Crippen LogP contribution in [-0.4, -0.2) is 30.9 Å². The zero-order chi connectivity index (χ0) is 7.28. The van der Waals surface area contributed by atoms with Gasteiger partial charge in [-0.05, 0) is 0 Å². The molecule has 5 nitrogen and oxygen atoms in total. The Morgan fingerprint density at radius 2 is 2.44 bits per heavy atom. The van der Waals surface area contributed by atoms with Gasteiger partial charge in [0, 0.05) is 0 Å². The zero-order valence-corrected chi connectivity index (χ0v) is 5.03. The molecule has 0 radical (unpaired) electrons. The van der Waals surface area contributed by atoms with Crippen LogP contribution in [0, 0.1) is 0 Å². The fourth-order valence-electron chi connectivity index (χ4n) is 0.295. The first-order valence-corrected chi connectivity index (χ1v) is 2.30. The molecule has 0 aliphatic rings. The molecule has 0 fully saturated rings. The molecule has 3 N–H and O–H groups in total. The van der Waals surface area contributed by atoms with Crippen molar-refractivity contribution in [2.75, 3.05) is 13.7 Å². The van der Waals surface area contributed by atoms with Gasteiger partial charge in [0.15, 0.2) is 6.10 Å². The van der Waals surface area contributed by atoms with Gasteiger partial charge in [-0.1, -0.05) is 0 Å². The number of esters is 1. The Hall–Kier alpha value is -0.650. The first-order chi connectivity index (χ1) is 4.22. The maximum absolute atomic E-state index is 10.3. The van der Waals surface area contributed by atoms with Crippen molar-refractivity contribution in [1.29, 1.82) is 0 Å². The molecule has 0 saturated carbocycles. The molecule has 0 aliphatic heterocycles. The first-order valence-electron chi connectivity index (χ1n) is 2.30. The summed E-state index contributed by atoms with van der Waals surface area (Å²) in [4.78, 5) is 14.3. The number of carbonyl (C=O) groups excluding carboxylic acids is 1. The van der Waals surface area contributed by atoms with E-state index < -0.39 is 12.1 Å². The average molecular weight is 135 g/mol. The van der Waals surface area contributed by atoms with Crippen molar-refractivity contribution in [1.82, 2.24) is 0 Å². The summed E-state index contributed by atoms with van der Waals surface area (Å²) >= 11 is 0. The van der Waals surface area contributed by atoms with Gasteiger partial charge in [0.25, 0.3) is 0 Å². The van der Waals surface area contributed by atoms with Crippen LogP contribution in [0.4, 0.5) is 0 Å². The smallest absolute Gasteiger partial charge is 0.337 e. The van der Waals surface area contributed by atoms with Gasteiger partial charge < -0.3 is 14.7 Å². The molecule has 0 rings (SSSR count). The Kier molecular flexibility index (Phi) is 3.94. The highest BCUT2D eigenvalue weighted by atomic mass is 16.6. The second-order valence-corrected chi connectivity index (χ2v) is 1.37. The molecule has 1 atom stereocenters. The number of nitrogens with two attached hydrogens (primary N) is 1. The second-order valence-electron chi connectivity index (χ2n) is 1.37. The molecule has 0 aromatic heterocycles. The summed E-state index contributed by atoms with van der Waals surface area (Å²) in [6.45, 7) is -0.243. The van der Waals surface area contributed by atoms with Gasteiger partial charge in [0.2, 0.25) is 0 Å². The van der Waals surface area contributed by atoms with Gasteiger partial charge in [-0.15, -0.1) is 0 Å². The first kappa shape index (κ1) is 8.35. The number of carbonyl (C=O) groups is 1. The van der Waals surface area contributed by atoms with Gasteiger partial charge in [-0.3, -0.25) is 0 Å². The molecular formula is C4H9NO4. The summed E-state index contributed by atoms with van der Waals surface area (Å²) in [5.74, 6) is 3.80. The van der Waals surface area contributed by atoms with E-state index in [-0.39, 0.29) is 6.61 Å². The number of hydrogen-bond donors (Lipinski definition) is 2. The Morgan fingerprint density at radius 1 is 1.89 bits per heavy atom. The summed E-state index contributed by atoms with van der Waals surface area (Å²) in [6, 6.07) is 0. The molecule has 0 aromatic rings. The highest BCUT2D eigenvalue weighted by Crippen LogP contribution is 1.84. The Balaban J connectivity index is 3.45. The van der Waals surface area contributed by atoms with E-state index in [2.05, 4.69) is 15.5 Å². The van der Waals surface area contributed by atoms with E-state index in [4.69, 9.17) is 5.11 Å². The van der Waals surface area contributed by atoms with E-state index in [1.54, 1.807) is 0 Å². The molecule has 0 aromatic carbocycles. The predicted octanol–water partition coefficient (Wildman–Crippen LogP) is -1.59. The minimum atomic E-state index is -1.28. The Morgan fingerprint density at radius 3 is 2.78 bits per heavy atom. The molecule has 0 bridgehead atoms. The van der Waals surface area contributed by atoms with Crippen LogP contribution in [0.2, 0.25) is 0 Å². The zero-order valence-electron chi connectivity index (χ0n) is 5.03. The summed E-state index contributed by atoms with van der Waals surface area (Å²) < 4.78 is 4.14. The molecule has 0 heterocycles. The van der Waals surface area contributed by atoms with Crippen LogP contribution >= 0.6 is 0 Å². The third-order valence-corrected chi connectivity index (χ3v) is 0.727. The van der Waals surface area contributed by atoms with Gasteiger partial charge >= 0.3 is 5.97 Å². The largest absolute Gasteiger partial charge is 0.467 e. The minimum Gasteiger partial charge on any atom is -0.467 e. The van der Waals surface area contributed by atoms with Crippen LogP contribution in [0.5, 0.6) is 0 Å². The lowest BCUT2D eigenvalue weighted by Crippen LogP contribution is -2.28. The van der Waals surface area contributed by atoms with Crippen molar-refractivity contribution >= 4 is 5.97 Å². The molecule has 5 heteroatoms. The normalized spacial score (nSPS) is 12.8. The molecule has 0 spiro atoms. The molecule has 1 unspecified atom stereocenters. The summed E-state index contributed by atoms with van der Waals surface area (Å²) in [5.41, 5.74) is 0. The minimum absolute atomic E-state index is 0.243. The van der Waals surface area contributed by atoms with Crippen LogP contribution in [0.25, 0.3) is 0 Å². The van der Waals surface area contributed by atoms with Gasteiger partial charge in [0.1, 0.15) is 6.61 Å². The van der Waals surface area contributed by atoms with Crippen LogP contribution in [0.1, 0.15) is 0 Å². The summed E-state index contributed by atoms with van der Waals surface area (Å²) in [7, 11) is 1.17. The average Bonchev–Trinajstić information content (AvgIpc) is 1.87. The lowest BCUT2D eigenvalue weighted by molar-refractivity contribution is -0.153. The molecule has 9 heavy (non-hydrogen) atoms. The van der Waals surface area contributed by atoms with E-state index in [9.17, 15) is 4.79 Å². The summed E-state index contributed by atoms with van der Waals surface area (Å²) in [6.07, 6.45) is -1.28. The van der Waals surface area contributed by atoms with Crippen LogP contribution in [0.3, 0.4) is 0 Å². The molecule has 0 amide bonds. The number of ether oxygens (including phenoxy) is 1. The molecule has 0 aliphatic carbocycles. The van der Waals surface area contributed by atoms with Crippen LogP contribution < -0.4 is 5.90 Å². The topological polar surface area (TPSA) is 81.8 Å². The van der Waals surface area contributed by atoms with Crippen molar-refractivity contribution < 1.29 is 19.5 Å². The van der Waals surface area contributed by atoms with Crippen molar-refractivity contribution in [2.45, 2.75) is 6.10 Å². The van der Waals surface area contributed by atoms with Gasteiger partial charge in [-0.25, -0.2) is 10.7 Å². The monoisotopic (exact) mass is 135 g/mol. The quantitative estimate of drug-likeness (QED) is 0.360. The van der Waals surface area contributed by atoms with Crippen LogP contribution in [0.15, 0.2) is 0 Å². The maximum atomic E-state index is 10.3. The predicted molar refractivity (Wildman–Crippen MR) is 28.2 cm³/mol. The Bertz CT molecular complexity index is 94.6. The number of rotatable bonds is 3. The third-order valence-electron chi connectivity index (χ3n) is 0.727. The van der Waals surface area contributed by atoms with Gasteiger partial charge in [-0.2, -0.15) is 0 Å². The maximum Gasteiger partial charge on any atom is 0.337 e. The molecule has 54 valence electrons. The van der Waals surface area contributed by atoms with Crippen molar-refractivity contribution in [3.8, 4) is 0 Å². The van der Waals surface area contributed by atoms with E-state index in [0.717, 1.165) is 0 Å². The summed E-state index contributed by atoms with van der Waals surface area (Å²) in [5, 5.41) is 8.64. The number of aliphatic hydroxyl groups is 1. The lowest BCUT2D eigenvalue weighted by atomic mass is 10.4.